The van der Waals surface area contributed by atoms with Gasteiger partial charge in [0.15, 0.2) is 0 Å². The average Bonchev–Trinajstić information content (AvgIpc) is 2.27. The molecule has 2 nitrogen and oxygen atoms in total. The maximum absolute atomic E-state index is 6.07. The number of nitrogens with zero attached hydrogens (tertiary/aromatic N) is 1. The van der Waals surface area contributed by atoms with Crippen molar-refractivity contribution >= 4 is 0 Å². The van der Waals surface area contributed by atoms with Crippen LogP contribution in [0.15, 0.2) is 0 Å². The molecule has 1 saturated heterocycles. The molecule has 1 rings (SSSR count). The maximum Gasteiger partial charge on any atom is 0.0183 e. The van der Waals surface area contributed by atoms with E-state index < -0.39 is 0 Å². The summed E-state index contributed by atoms with van der Waals surface area (Å²) in [6.07, 6.45) is 1.14. The minimum atomic E-state index is 0.242. The lowest BCUT2D eigenvalue weighted by molar-refractivity contribution is 0.0580. The smallest absolute Gasteiger partial charge is 0.0183 e. The predicted molar refractivity (Wildman–Crippen MR) is 62.3 cm³/mol. The van der Waals surface area contributed by atoms with Crippen LogP contribution in [0.5, 0.6) is 0 Å². The van der Waals surface area contributed by atoms with E-state index in [1.54, 1.807) is 0 Å². The normalized spacial score (nSPS) is 31.1. The van der Waals surface area contributed by atoms with Crippen molar-refractivity contribution in [3.63, 3.8) is 0 Å². The van der Waals surface area contributed by atoms with E-state index in [-0.39, 0.29) is 5.54 Å². The molecule has 0 radical (unpaired) electrons. The number of hydrogen-bond acceptors (Lipinski definition) is 2. The Hall–Kier alpha value is -0.0800. The monoisotopic (exact) mass is 198 g/mol. The lowest BCUT2D eigenvalue weighted by Gasteiger charge is -2.42. The van der Waals surface area contributed by atoms with Crippen molar-refractivity contribution in [1.29, 1.82) is 0 Å². The second-order valence-electron chi connectivity index (χ2n) is 6.70. The molecule has 0 aromatic heterocycles. The highest BCUT2D eigenvalue weighted by Crippen LogP contribution is 2.36. The van der Waals surface area contributed by atoms with Crippen LogP contribution < -0.4 is 5.73 Å². The molecular weight excluding hydrogens is 172 g/mol. The van der Waals surface area contributed by atoms with E-state index in [0.29, 0.717) is 17.5 Å². The van der Waals surface area contributed by atoms with Crippen LogP contribution in [0.1, 0.15) is 48.0 Å². The topological polar surface area (TPSA) is 29.3 Å². The number of likely N-dealkylation sites (tertiary alicyclic amines) is 1. The minimum absolute atomic E-state index is 0.242. The summed E-state index contributed by atoms with van der Waals surface area (Å²) in [5, 5.41) is 0. The molecule has 0 amide bonds. The third-order valence-corrected chi connectivity index (χ3v) is 3.19. The van der Waals surface area contributed by atoms with Gasteiger partial charge in [0.25, 0.3) is 0 Å². The molecule has 0 spiro atoms. The predicted octanol–water partition coefficient (Wildman–Crippen LogP) is 2.23. The Morgan fingerprint density at radius 1 is 1.07 bits per heavy atom. The van der Waals surface area contributed by atoms with E-state index in [9.17, 15) is 0 Å². The van der Waals surface area contributed by atoms with Crippen LogP contribution in [0, 0.1) is 5.41 Å². The summed E-state index contributed by atoms with van der Waals surface area (Å²) in [6.45, 7) is 14.8. The SMILES string of the molecule is CC(C)(C)[C@@H]1C[C@H](N)CN1C(C)(C)C. The highest BCUT2D eigenvalue weighted by atomic mass is 15.3. The van der Waals surface area contributed by atoms with Gasteiger partial charge in [0.2, 0.25) is 0 Å². The zero-order valence-electron chi connectivity index (χ0n) is 10.6. The van der Waals surface area contributed by atoms with Gasteiger partial charge in [0.1, 0.15) is 0 Å². The minimum Gasteiger partial charge on any atom is -0.326 e. The van der Waals surface area contributed by atoms with Crippen LogP contribution in [-0.4, -0.2) is 29.1 Å². The molecule has 0 aromatic carbocycles. The van der Waals surface area contributed by atoms with E-state index in [4.69, 9.17) is 5.73 Å². The summed E-state index contributed by atoms with van der Waals surface area (Å²) in [5.41, 5.74) is 6.64. The van der Waals surface area contributed by atoms with Gasteiger partial charge in [0, 0.05) is 24.2 Å². The summed E-state index contributed by atoms with van der Waals surface area (Å²) >= 11 is 0. The molecule has 1 fully saturated rings. The summed E-state index contributed by atoms with van der Waals surface area (Å²) < 4.78 is 0. The second kappa shape index (κ2) is 3.49. The first kappa shape index (κ1) is 12.0. The molecular formula is C12H26N2. The highest BCUT2D eigenvalue weighted by molar-refractivity contribution is 4.98. The van der Waals surface area contributed by atoms with Crippen molar-refractivity contribution in [1.82, 2.24) is 4.90 Å². The van der Waals surface area contributed by atoms with Crippen molar-refractivity contribution < 1.29 is 0 Å². The second-order valence-corrected chi connectivity index (χ2v) is 6.70. The Labute approximate surface area is 88.8 Å². The van der Waals surface area contributed by atoms with Gasteiger partial charge in [-0.15, -0.1) is 0 Å². The van der Waals surface area contributed by atoms with Crippen LogP contribution >= 0.6 is 0 Å². The van der Waals surface area contributed by atoms with Crippen molar-refractivity contribution in [2.75, 3.05) is 6.54 Å². The molecule has 0 aromatic rings. The summed E-state index contributed by atoms with van der Waals surface area (Å²) in [7, 11) is 0. The fourth-order valence-electron chi connectivity index (χ4n) is 2.43. The van der Waals surface area contributed by atoms with E-state index in [2.05, 4.69) is 46.4 Å². The van der Waals surface area contributed by atoms with Crippen molar-refractivity contribution in [2.24, 2.45) is 11.1 Å². The van der Waals surface area contributed by atoms with Crippen LogP contribution in [0.3, 0.4) is 0 Å². The molecule has 2 N–H and O–H groups in total. The fraction of sp³-hybridized carbons (Fsp3) is 1.00. The van der Waals surface area contributed by atoms with Gasteiger partial charge in [0.05, 0.1) is 0 Å². The lowest BCUT2D eigenvalue weighted by atomic mass is 9.83. The molecule has 2 heteroatoms. The van der Waals surface area contributed by atoms with Crippen LogP contribution in [-0.2, 0) is 0 Å². The fourth-order valence-corrected chi connectivity index (χ4v) is 2.43. The molecule has 0 saturated carbocycles. The summed E-state index contributed by atoms with van der Waals surface area (Å²) in [6, 6.07) is 0.982. The van der Waals surface area contributed by atoms with Gasteiger partial charge < -0.3 is 5.73 Å². The molecule has 14 heavy (non-hydrogen) atoms. The van der Waals surface area contributed by atoms with Crippen molar-refractivity contribution in [3.05, 3.63) is 0 Å². The Morgan fingerprint density at radius 2 is 1.57 bits per heavy atom. The molecule has 1 heterocycles. The molecule has 0 bridgehead atoms. The first-order valence-electron chi connectivity index (χ1n) is 5.64. The standard InChI is InChI=1S/C12H26N2/c1-11(2,3)10-7-9(13)8-14(10)12(4,5)6/h9-10H,7-8,13H2,1-6H3/t9-,10-/m0/s1. The largest absolute Gasteiger partial charge is 0.326 e. The van der Waals surface area contributed by atoms with Gasteiger partial charge in [-0.2, -0.15) is 0 Å². The van der Waals surface area contributed by atoms with E-state index >= 15 is 0 Å². The van der Waals surface area contributed by atoms with Gasteiger partial charge in [-0.3, -0.25) is 4.90 Å². The summed E-state index contributed by atoms with van der Waals surface area (Å²) in [5.74, 6) is 0. The van der Waals surface area contributed by atoms with Gasteiger partial charge in [-0.05, 0) is 32.6 Å². The molecule has 2 atom stereocenters. The Balaban J connectivity index is 2.84. The maximum atomic E-state index is 6.07. The lowest BCUT2D eigenvalue weighted by Crippen LogP contribution is -2.49. The van der Waals surface area contributed by atoms with Gasteiger partial charge >= 0.3 is 0 Å². The zero-order chi connectivity index (χ0) is 11.1. The van der Waals surface area contributed by atoms with E-state index in [1.165, 1.54) is 0 Å². The molecule has 1 aliphatic rings. The van der Waals surface area contributed by atoms with Crippen LogP contribution in [0.2, 0.25) is 0 Å². The van der Waals surface area contributed by atoms with Crippen molar-refractivity contribution in [2.45, 2.75) is 65.6 Å². The Bertz CT molecular complexity index is 175. The Morgan fingerprint density at radius 3 is 1.86 bits per heavy atom. The third-order valence-electron chi connectivity index (χ3n) is 3.19. The molecule has 0 unspecified atom stereocenters. The zero-order valence-corrected chi connectivity index (χ0v) is 10.6. The summed E-state index contributed by atoms with van der Waals surface area (Å²) in [4.78, 5) is 2.57. The molecule has 1 aliphatic heterocycles. The Kier molecular flexibility index (Phi) is 2.99. The highest BCUT2D eigenvalue weighted by Gasteiger charge is 2.42. The van der Waals surface area contributed by atoms with E-state index in [1.807, 2.05) is 0 Å². The number of hydrogen-bond donors (Lipinski definition) is 1. The van der Waals surface area contributed by atoms with Gasteiger partial charge in [-0.25, -0.2) is 0 Å². The van der Waals surface area contributed by atoms with E-state index in [0.717, 1.165) is 13.0 Å². The third kappa shape index (κ3) is 2.48. The first-order chi connectivity index (χ1) is 6.12. The molecule has 84 valence electrons. The number of nitrogens with two attached hydrogens (primary N) is 1. The van der Waals surface area contributed by atoms with Crippen LogP contribution in [0.4, 0.5) is 0 Å². The van der Waals surface area contributed by atoms with Gasteiger partial charge in [-0.1, -0.05) is 20.8 Å². The number of rotatable bonds is 0. The quantitative estimate of drug-likeness (QED) is 0.647. The molecule has 0 aliphatic carbocycles. The van der Waals surface area contributed by atoms with Crippen molar-refractivity contribution in [3.8, 4) is 0 Å². The first-order valence-corrected chi connectivity index (χ1v) is 5.64. The van der Waals surface area contributed by atoms with Crippen LogP contribution in [0.25, 0.3) is 0 Å². The average molecular weight is 198 g/mol.